The molecular formula is C13H23ClN2O3S. The molecule has 1 saturated carbocycles. The van der Waals surface area contributed by atoms with Crippen LogP contribution in [0.2, 0.25) is 0 Å². The molecule has 1 aliphatic heterocycles. The SMILES string of the molecule is C=CCN(C(=O)C1CCC(N)C1)C1CCS(=O)(=O)C1.Cl. The molecule has 2 rings (SSSR count). The summed E-state index contributed by atoms with van der Waals surface area (Å²) in [5.74, 6) is 0.280. The van der Waals surface area contributed by atoms with Crippen molar-refractivity contribution < 1.29 is 13.2 Å². The molecule has 20 heavy (non-hydrogen) atoms. The van der Waals surface area contributed by atoms with E-state index in [1.807, 2.05) is 0 Å². The zero-order valence-electron chi connectivity index (χ0n) is 11.5. The van der Waals surface area contributed by atoms with E-state index >= 15 is 0 Å². The second kappa shape index (κ2) is 6.91. The Hall–Kier alpha value is -0.590. The first-order valence-corrected chi connectivity index (χ1v) is 8.62. The van der Waals surface area contributed by atoms with E-state index in [0.717, 1.165) is 12.8 Å². The third-order valence-electron chi connectivity index (χ3n) is 4.08. The molecule has 0 bridgehead atoms. The Labute approximate surface area is 126 Å². The van der Waals surface area contributed by atoms with Crippen molar-refractivity contribution in [2.45, 2.75) is 37.8 Å². The highest BCUT2D eigenvalue weighted by molar-refractivity contribution is 7.91. The summed E-state index contributed by atoms with van der Waals surface area (Å²) in [4.78, 5) is 14.2. The van der Waals surface area contributed by atoms with Crippen LogP contribution >= 0.6 is 12.4 Å². The van der Waals surface area contributed by atoms with E-state index in [0.29, 0.717) is 19.4 Å². The Morgan fingerprint density at radius 3 is 2.50 bits per heavy atom. The van der Waals surface area contributed by atoms with Crippen molar-refractivity contribution in [3.8, 4) is 0 Å². The van der Waals surface area contributed by atoms with Crippen LogP contribution in [0.15, 0.2) is 12.7 Å². The van der Waals surface area contributed by atoms with E-state index in [4.69, 9.17) is 5.73 Å². The smallest absolute Gasteiger partial charge is 0.226 e. The molecule has 0 radical (unpaired) electrons. The zero-order valence-corrected chi connectivity index (χ0v) is 13.2. The van der Waals surface area contributed by atoms with Gasteiger partial charge in [0.15, 0.2) is 9.84 Å². The zero-order chi connectivity index (χ0) is 14.0. The summed E-state index contributed by atoms with van der Waals surface area (Å²) >= 11 is 0. The molecule has 0 aromatic rings. The normalized spacial score (nSPS) is 31.6. The van der Waals surface area contributed by atoms with Crippen molar-refractivity contribution in [2.24, 2.45) is 11.7 Å². The Morgan fingerprint density at radius 1 is 1.35 bits per heavy atom. The van der Waals surface area contributed by atoms with Gasteiger partial charge in [0.2, 0.25) is 5.91 Å². The first-order valence-electron chi connectivity index (χ1n) is 6.80. The van der Waals surface area contributed by atoms with E-state index in [1.165, 1.54) is 0 Å². The lowest BCUT2D eigenvalue weighted by Crippen LogP contribution is -2.44. The van der Waals surface area contributed by atoms with E-state index in [9.17, 15) is 13.2 Å². The summed E-state index contributed by atoms with van der Waals surface area (Å²) in [5.41, 5.74) is 5.85. The number of hydrogen-bond donors (Lipinski definition) is 1. The standard InChI is InChI=1S/C13H22N2O3S.ClH/c1-2-6-15(12-5-7-19(17,18)9-12)13(16)10-3-4-11(14)8-10;/h2,10-12H,1,3-9,14H2;1H. The molecule has 1 aliphatic carbocycles. The summed E-state index contributed by atoms with van der Waals surface area (Å²) in [6.45, 7) is 4.09. The summed E-state index contributed by atoms with van der Waals surface area (Å²) in [6, 6.07) is -0.0841. The number of carbonyl (C=O) groups is 1. The van der Waals surface area contributed by atoms with E-state index in [1.54, 1.807) is 11.0 Å². The molecule has 3 unspecified atom stereocenters. The minimum Gasteiger partial charge on any atom is -0.335 e. The molecule has 7 heteroatoms. The predicted molar refractivity (Wildman–Crippen MR) is 81.5 cm³/mol. The molecule has 1 amide bonds. The van der Waals surface area contributed by atoms with Gasteiger partial charge >= 0.3 is 0 Å². The van der Waals surface area contributed by atoms with Gasteiger partial charge in [-0.3, -0.25) is 4.79 Å². The van der Waals surface area contributed by atoms with Gasteiger partial charge in [-0.25, -0.2) is 8.42 Å². The van der Waals surface area contributed by atoms with Crippen LogP contribution in [-0.4, -0.2) is 49.4 Å². The highest BCUT2D eigenvalue weighted by atomic mass is 35.5. The average molecular weight is 323 g/mol. The summed E-state index contributed by atoms with van der Waals surface area (Å²) in [6.07, 6.45) is 4.61. The van der Waals surface area contributed by atoms with Gasteiger partial charge in [-0.15, -0.1) is 19.0 Å². The van der Waals surface area contributed by atoms with Crippen molar-refractivity contribution in [3.05, 3.63) is 12.7 Å². The van der Waals surface area contributed by atoms with Crippen LogP contribution in [-0.2, 0) is 14.6 Å². The maximum absolute atomic E-state index is 12.5. The average Bonchev–Trinajstić information content (AvgIpc) is 2.91. The summed E-state index contributed by atoms with van der Waals surface area (Å²) in [7, 11) is -2.98. The van der Waals surface area contributed by atoms with Crippen LogP contribution in [0.4, 0.5) is 0 Å². The molecule has 0 spiro atoms. The van der Waals surface area contributed by atoms with E-state index < -0.39 is 9.84 Å². The van der Waals surface area contributed by atoms with E-state index in [-0.39, 0.29) is 47.8 Å². The second-order valence-corrected chi connectivity index (χ2v) is 7.83. The van der Waals surface area contributed by atoms with Gasteiger partial charge in [-0.2, -0.15) is 0 Å². The molecule has 2 fully saturated rings. The molecule has 0 aromatic carbocycles. The van der Waals surface area contributed by atoms with Gasteiger partial charge in [0, 0.05) is 24.5 Å². The number of rotatable bonds is 4. The second-order valence-electron chi connectivity index (χ2n) is 5.61. The number of carbonyl (C=O) groups excluding carboxylic acids is 1. The summed E-state index contributed by atoms with van der Waals surface area (Å²) < 4.78 is 23.1. The first kappa shape index (κ1) is 17.5. The maximum Gasteiger partial charge on any atom is 0.226 e. The Bertz CT molecular complexity index is 466. The van der Waals surface area contributed by atoms with E-state index in [2.05, 4.69) is 6.58 Å². The van der Waals surface area contributed by atoms with Crippen molar-refractivity contribution in [2.75, 3.05) is 18.1 Å². The topological polar surface area (TPSA) is 80.5 Å². The van der Waals surface area contributed by atoms with Crippen molar-refractivity contribution in [1.29, 1.82) is 0 Å². The maximum atomic E-state index is 12.5. The largest absolute Gasteiger partial charge is 0.335 e. The van der Waals surface area contributed by atoms with Crippen LogP contribution in [0.1, 0.15) is 25.7 Å². The highest BCUT2D eigenvalue weighted by Crippen LogP contribution is 2.28. The molecule has 1 heterocycles. The minimum atomic E-state index is -2.98. The fourth-order valence-corrected chi connectivity index (χ4v) is 4.79. The molecule has 2 aliphatic rings. The lowest BCUT2D eigenvalue weighted by Gasteiger charge is -2.29. The van der Waals surface area contributed by atoms with Crippen LogP contribution < -0.4 is 5.73 Å². The number of nitrogens with zero attached hydrogens (tertiary/aromatic N) is 1. The van der Waals surface area contributed by atoms with Crippen LogP contribution in [0, 0.1) is 5.92 Å². The lowest BCUT2D eigenvalue weighted by atomic mass is 10.0. The van der Waals surface area contributed by atoms with Gasteiger partial charge in [0.05, 0.1) is 11.5 Å². The van der Waals surface area contributed by atoms with Crippen LogP contribution in [0.3, 0.4) is 0 Å². The number of nitrogens with two attached hydrogens (primary N) is 1. The number of amides is 1. The van der Waals surface area contributed by atoms with Gasteiger partial charge in [-0.05, 0) is 25.7 Å². The predicted octanol–water partition coefficient (Wildman–Crippen LogP) is 0.737. The van der Waals surface area contributed by atoms with Gasteiger partial charge in [0.1, 0.15) is 0 Å². The molecule has 1 saturated heterocycles. The lowest BCUT2D eigenvalue weighted by molar-refractivity contribution is -0.136. The van der Waals surface area contributed by atoms with Crippen molar-refractivity contribution in [3.63, 3.8) is 0 Å². The first-order chi connectivity index (χ1) is 8.93. The molecule has 0 aromatic heterocycles. The van der Waals surface area contributed by atoms with Gasteiger partial charge in [-0.1, -0.05) is 6.08 Å². The van der Waals surface area contributed by atoms with Crippen LogP contribution in [0.25, 0.3) is 0 Å². The Kier molecular flexibility index (Phi) is 6.04. The van der Waals surface area contributed by atoms with Gasteiger partial charge in [0.25, 0.3) is 0 Å². The third kappa shape index (κ3) is 3.96. The Balaban J connectivity index is 0.00000200. The fourth-order valence-electron chi connectivity index (χ4n) is 3.05. The minimum absolute atomic E-state index is 0. The van der Waals surface area contributed by atoms with Crippen molar-refractivity contribution in [1.82, 2.24) is 4.90 Å². The molecule has 3 atom stereocenters. The molecule has 2 N–H and O–H groups in total. The number of sulfone groups is 1. The molecule has 5 nitrogen and oxygen atoms in total. The quantitative estimate of drug-likeness (QED) is 0.774. The summed E-state index contributed by atoms with van der Waals surface area (Å²) in [5, 5.41) is 0. The number of halogens is 1. The third-order valence-corrected chi connectivity index (χ3v) is 5.83. The molecular weight excluding hydrogens is 300 g/mol. The monoisotopic (exact) mass is 322 g/mol. The van der Waals surface area contributed by atoms with Gasteiger partial charge < -0.3 is 10.6 Å². The van der Waals surface area contributed by atoms with Crippen molar-refractivity contribution >= 4 is 28.2 Å². The number of hydrogen-bond acceptors (Lipinski definition) is 4. The highest BCUT2D eigenvalue weighted by Gasteiger charge is 2.38. The fraction of sp³-hybridized carbons (Fsp3) is 0.769. The Morgan fingerprint density at radius 2 is 2.05 bits per heavy atom. The van der Waals surface area contributed by atoms with Crippen LogP contribution in [0.5, 0.6) is 0 Å². The molecule has 116 valence electrons.